The molecule has 2 fully saturated rings. The molecule has 0 amide bonds. The summed E-state index contributed by atoms with van der Waals surface area (Å²) in [5.74, 6) is 2.64. The fourth-order valence-electron chi connectivity index (χ4n) is 2.11. The van der Waals surface area contributed by atoms with Crippen molar-refractivity contribution < 1.29 is 0 Å². The number of nitrogens with one attached hydrogen (secondary N) is 1. The molecule has 1 heterocycles. The molecule has 0 atom stereocenters. The third-order valence-electron chi connectivity index (χ3n) is 3.09. The lowest BCUT2D eigenvalue weighted by Crippen LogP contribution is -2.43. The van der Waals surface area contributed by atoms with E-state index < -0.39 is 0 Å². The van der Waals surface area contributed by atoms with Crippen molar-refractivity contribution in [2.75, 3.05) is 19.6 Å². The third kappa shape index (κ3) is 2.46. The van der Waals surface area contributed by atoms with Gasteiger partial charge in [0.2, 0.25) is 0 Å². The van der Waals surface area contributed by atoms with E-state index in [1.807, 2.05) is 0 Å². The summed E-state index contributed by atoms with van der Waals surface area (Å²) in [6.45, 7) is 3.27. The van der Waals surface area contributed by atoms with Crippen molar-refractivity contribution in [2.24, 2.45) is 0 Å². The Bertz CT molecular complexity index is 195. The lowest BCUT2D eigenvalue weighted by atomic mass is 10.1. The highest BCUT2D eigenvalue weighted by Crippen LogP contribution is 2.29. The van der Waals surface area contributed by atoms with Gasteiger partial charge >= 0.3 is 0 Å². The van der Waals surface area contributed by atoms with E-state index in [1.54, 1.807) is 0 Å². The summed E-state index contributed by atoms with van der Waals surface area (Å²) in [7, 11) is 0. The van der Waals surface area contributed by atoms with Crippen molar-refractivity contribution >= 4 is 0 Å². The summed E-state index contributed by atoms with van der Waals surface area (Å²) >= 11 is 0. The van der Waals surface area contributed by atoms with Gasteiger partial charge in [0.25, 0.3) is 0 Å². The van der Waals surface area contributed by atoms with E-state index in [9.17, 15) is 0 Å². The topological polar surface area (TPSA) is 15.3 Å². The molecular weight excluding hydrogens is 160 g/mol. The minimum absolute atomic E-state index is 0.672. The molecule has 2 aliphatic rings. The fourth-order valence-corrected chi connectivity index (χ4v) is 2.11. The average Bonchev–Trinajstić information content (AvgIpc) is 2.99. The van der Waals surface area contributed by atoms with Crippen LogP contribution in [0.4, 0.5) is 0 Å². The molecule has 0 unspecified atom stereocenters. The Balaban J connectivity index is 1.67. The Kier molecular flexibility index (Phi) is 2.87. The molecule has 0 spiro atoms. The van der Waals surface area contributed by atoms with E-state index in [0.717, 1.165) is 12.6 Å². The summed E-state index contributed by atoms with van der Waals surface area (Å²) < 4.78 is 0. The molecule has 1 aliphatic heterocycles. The lowest BCUT2D eigenvalue weighted by Gasteiger charge is -2.32. The van der Waals surface area contributed by atoms with E-state index >= 15 is 0 Å². The monoisotopic (exact) mass is 178 g/mol. The van der Waals surface area contributed by atoms with Gasteiger partial charge in [-0.3, -0.25) is 0 Å². The number of hydrogen-bond acceptors (Lipinski definition) is 2. The molecule has 0 radical (unpaired) electrons. The van der Waals surface area contributed by atoms with Crippen LogP contribution in [0.1, 0.15) is 25.7 Å². The highest BCUT2D eigenvalue weighted by atomic mass is 15.2. The van der Waals surface area contributed by atoms with Crippen LogP contribution in [0.2, 0.25) is 0 Å². The minimum atomic E-state index is 0.672. The predicted octanol–water partition coefficient (Wildman–Crippen LogP) is 0.836. The van der Waals surface area contributed by atoms with Crippen LogP contribution in [0.15, 0.2) is 0 Å². The number of likely N-dealkylation sites (tertiary alicyclic amines) is 1. The van der Waals surface area contributed by atoms with Crippen LogP contribution in [0.5, 0.6) is 0 Å². The SMILES string of the molecule is C#CCNC1CCN(C2CC2)CC1. The van der Waals surface area contributed by atoms with E-state index in [4.69, 9.17) is 6.42 Å². The molecule has 1 N–H and O–H groups in total. The molecule has 13 heavy (non-hydrogen) atoms. The Labute approximate surface area is 80.7 Å². The molecule has 0 bridgehead atoms. The molecule has 72 valence electrons. The van der Waals surface area contributed by atoms with Crippen molar-refractivity contribution in [2.45, 2.75) is 37.8 Å². The van der Waals surface area contributed by atoms with Crippen LogP contribution < -0.4 is 5.32 Å². The van der Waals surface area contributed by atoms with Crippen molar-refractivity contribution in [1.82, 2.24) is 10.2 Å². The number of nitrogens with zero attached hydrogens (tertiary/aromatic N) is 1. The number of hydrogen-bond donors (Lipinski definition) is 1. The van der Waals surface area contributed by atoms with Crippen molar-refractivity contribution in [3.05, 3.63) is 0 Å². The van der Waals surface area contributed by atoms with Crippen molar-refractivity contribution in [1.29, 1.82) is 0 Å². The third-order valence-corrected chi connectivity index (χ3v) is 3.09. The van der Waals surface area contributed by atoms with Crippen molar-refractivity contribution in [3.8, 4) is 12.3 Å². The van der Waals surface area contributed by atoms with E-state index in [1.165, 1.54) is 38.8 Å². The summed E-state index contributed by atoms with van der Waals surface area (Å²) in [5, 5.41) is 3.39. The van der Waals surface area contributed by atoms with Gasteiger partial charge in [-0.2, -0.15) is 0 Å². The maximum Gasteiger partial charge on any atom is 0.0575 e. The van der Waals surface area contributed by atoms with Gasteiger partial charge < -0.3 is 10.2 Å². The van der Waals surface area contributed by atoms with Gasteiger partial charge in [0.05, 0.1) is 6.54 Å². The second-order valence-corrected chi connectivity index (χ2v) is 4.13. The van der Waals surface area contributed by atoms with Crippen LogP contribution in [0, 0.1) is 12.3 Å². The van der Waals surface area contributed by atoms with Crippen LogP contribution in [0.25, 0.3) is 0 Å². The first-order chi connectivity index (χ1) is 6.40. The summed E-state index contributed by atoms with van der Waals surface area (Å²) in [5.41, 5.74) is 0. The highest BCUT2D eigenvalue weighted by molar-refractivity contribution is 4.92. The molecule has 2 rings (SSSR count). The maximum atomic E-state index is 5.21. The second kappa shape index (κ2) is 4.13. The number of terminal acetylenes is 1. The highest BCUT2D eigenvalue weighted by Gasteiger charge is 2.31. The molecule has 0 aromatic rings. The zero-order valence-electron chi connectivity index (χ0n) is 8.13. The molecule has 0 aromatic heterocycles. The lowest BCUT2D eigenvalue weighted by molar-refractivity contribution is 0.192. The Morgan fingerprint density at radius 3 is 2.46 bits per heavy atom. The predicted molar refractivity (Wildman–Crippen MR) is 54.5 cm³/mol. The van der Waals surface area contributed by atoms with Crippen LogP contribution in [0.3, 0.4) is 0 Å². The quantitative estimate of drug-likeness (QED) is 0.644. The van der Waals surface area contributed by atoms with E-state index in [2.05, 4.69) is 16.1 Å². The van der Waals surface area contributed by atoms with Crippen LogP contribution in [-0.2, 0) is 0 Å². The molecule has 2 nitrogen and oxygen atoms in total. The number of rotatable bonds is 3. The second-order valence-electron chi connectivity index (χ2n) is 4.13. The first-order valence-corrected chi connectivity index (χ1v) is 5.31. The Hall–Kier alpha value is -0.520. The number of piperidine rings is 1. The average molecular weight is 178 g/mol. The van der Waals surface area contributed by atoms with Gasteiger partial charge in [-0.05, 0) is 38.8 Å². The van der Waals surface area contributed by atoms with Gasteiger partial charge in [0.1, 0.15) is 0 Å². The van der Waals surface area contributed by atoms with E-state index in [-0.39, 0.29) is 0 Å². The Morgan fingerprint density at radius 2 is 1.92 bits per heavy atom. The minimum Gasteiger partial charge on any atom is -0.303 e. The maximum absolute atomic E-state index is 5.21. The van der Waals surface area contributed by atoms with Crippen LogP contribution >= 0.6 is 0 Å². The van der Waals surface area contributed by atoms with Crippen LogP contribution in [-0.4, -0.2) is 36.6 Å². The van der Waals surface area contributed by atoms with Crippen molar-refractivity contribution in [3.63, 3.8) is 0 Å². The molecule has 0 aromatic carbocycles. The molecule has 1 aliphatic carbocycles. The van der Waals surface area contributed by atoms with Gasteiger partial charge in [0, 0.05) is 12.1 Å². The largest absolute Gasteiger partial charge is 0.303 e. The summed E-state index contributed by atoms with van der Waals surface area (Å²) in [6, 6.07) is 1.61. The van der Waals surface area contributed by atoms with Gasteiger partial charge in [-0.1, -0.05) is 5.92 Å². The fraction of sp³-hybridized carbons (Fsp3) is 0.818. The van der Waals surface area contributed by atoms with Gasteiger partial charge in [-0.25, -0.2) is 0 Å². The molecule has 2 heteroatoms. The molecule has 1 saturated carbocycles. The summed E-state index contributed by atoms with van der Waals surface area (Å²) in [4.78, 5) is 2.63. The molecular formula is C11H18N2. The standard InChI is InChI=1S/C11H18N2/c1-2-7-12-10-5-8-13(9-6-10)11-3-4-11/h1,10-12H,3-9H2. The normalized spacial score (nSPS) is 25.8. The first-order valence-electron chi connectivity index (χ1n) is 5.31. The zero-order chi connectivity index (χ0) is 9.10. The van der Waals surface area contributed by atoms with Gasteiger partial charge in [-0.15, -0.1) is 6.42 Å². The molecule has 1 saturated heterocycles. The van der Waals surface area contributed by atoms with E-state index in [0.29, 0.717) is 6.04 Å². The first kappa shape index (κ1) is 9.05. The van der Waals surface area contributed by atoms with Gasteiger partial charge in [0.15, 0.2) is 0 Å². The zero-order valence-corrected chi connectivity index (χ0v) is 8.13. The summed E-state index contributed by atoms with van der Waals surface area (Å²) in [6.07, 6.45) is 10.6. The smallest absolute Gasteiger partial charge is 0.0575 e. The Morgan fingerprint density at radius 1 is 1.23 bits per heavy atom.